The molecule has 0 saturated carbocycles. The second-order valence-corrected chi connectivity index (χ2v) is 9.32. The summed E-state index contributed by atoms with van der Waals surface area (Å²) < 4.78 is 80.4. The number of sulfonamides is 1. The van der Waals surface area contributed by atoms with Crippen LogP contribution in [-0.2, 0) is 22.7 Å². The molecule has 0 radical (unpaired) electrons. The molecular weight excluding hydrogens is 511 g/mol. The molecule has 0 atom stereocenters. The Morgan fingerprint density at radius 2 is 1.70 bits per heavy atom. The lowest BCUT2D eigenvalue weighted by Gasteiger charge is -2.25. The van der Waals surface area contributed by atoms with Crippen molar-refractivity contribution in [2.24, 2.45) is 0 Å². The quantitative estimate of drug-likeness (QED) is 0.423. The van der Waals surface area contributed by atoms with Crippen LogP contribution in [0.2, 0.25) is 10.0 Å². The Bertz CT molecular complexity index is 1320. The first-order valence-corrected chi connectivity index (χ1v) is 11.0. The van der Waals surface area contributed by atoms with Crippen molar-refractivity contribution in [2.75, 3.05) is 4.31 Å². The van der Waals surface area contributed by atoms with Crippen molar-refractivity contribution in [3.63, 3.8) is 0 Å². The zero-order valence-electron chi connectivity index (χ0n) is 16.1. The molecule has 1 aromatic heterocycles. The molecule has 174 valence electrons. The van der Waals surface area contributed by atoms with Crippen LogP contribution in [0.5, 0.6) is 0 Å². The molecule has 1 heterocycles. The van der Waals surface area contributed by atoms with Crippen molar-refractivity contribution in [1.82, 2.24) is 4.98 Å². The number of carboxylic acids is 1. The van der Waals surface area contributed by atoms with Gasteiger partial charge in [-0.15, -0.1) is 0 Å². The van der Waals surface area contributed by atoms with E-state index in [1.807, 2.05) is 0 Å². The summed E-state index contributed by atoms with van der Waals surface area (Å²) in [5, 5.41) is 8.88. The van der Waals surface area contributed by atoms with E-state index in [0.29, 0.717) is 16.4 Å². The number of rotatable bonds is 6. The molecule has 3 aromatic rings. The number of halogens is 6. The minimum absolute atomic E-state index is 0.0769. The lowest BCUT2D eigenvalue weighted by atomic mass is 10.1. The van der Waals surface area contributed by atoms with Crippen LogP contribution in [0.3, 0.4) is 0 Å². The summed E-state index contributed by atoms with van der Waals surface area (Å²) >= 11 is 11.9. The van der Waals surface area contributed by atoms with Gasteiger partial charge in [0.05, 0.1) is 32.6 Å². The van der Waals surface area contributed by atoms with Crippen LogP contribution in [0.1, 0.15) is 21.5 Å². The van der Waals surface area contributed by atoms with Crippen LogP contribution in [0.15, 0.2) is 59.6 Å². The standard InChI is InChI=1S/C20H12Cl2F4N2O4S/c21-13-8-16(22)18(27-9-13)28(10-11-1-6-17(23)15(7-11)20(24,25)26)33(31,32)14-4-2-12(3-5-14)19(29)30/h1-9H,10H2,(H,29,30). The maximum Gasteiger partial charge on any atom is 0.419 e. The monoisotopic (exact) mass is 522 g/mol. The smallest absolute Gasteiger partial charge is 0.419 e. The highest BCUT2D eigenvalue weighted by Crippen LogP contribution is 2.35. The molecular formula is C20H12Cl2F4N2O4S. The zero-order valence-corrected chi connectivity index (χ0v) is 18.5. The van der Waals surface area contributed by atoms with Crippen LogP contribution >= 0.6 is 23.2 Å². The average Bonchev–Trinajstić information content (AvgIpc) is 2.73. The number of aromatic carboxylic acids is 1. The molecule has 0 unspecified atom stereocenters. The number of anilines is 1. The van der Waals surface area contributed by atoms with E-state index in [1.165, 1.54) is 6.07 Å². The van der Waals surface area contributed by atoms with Gasteiger partial charge in [-0.1, -0.05) is 29.3 Å². The summed E-state index contributed by atoms with van der Waals surface area (Å²) in [4.78, 5) is 14.6. The molecule has 13 heteroatoms. The predicted molar refractivity (Wildman–Crippen MR) is 112 cm³/mol. The molecule has 33 heavy (non-hydrogen) atoms. The fourth-order valence-electron chi connectivity index (χ4n) is 2.82. The van der Waals surface area contributed by atoms with Gasteiger partial charge in [-0.25, -0.2) is 26.9 Å². The maximum absolute atomic E-state index is 13.7. The second-order valence-electron chi connectivity index (χ2n) is 6.61. The highest BCUT2D eigenvalue weighted by molar-refractivity contribution is 7.92. The summed E-state index contributed by atoms with van der Waals surface area (Å²) in [6.07, 6.45) is -3.92. The number of pyridine rings is 1. The molecule has 6 nitrogen and oxygen atoms in total. The number of nitrogens with zero attached hydrogens (tertiary/aromatic N) is 2. The van der Waals surface area contributed by atoms with E-state index in [9.17, 15) is 30.8 Å². The SMILES string of the molecule is O=C(O)c1ccc(S(=O)(=O)N(Cc2ccc(F)c(C(F)(F)F)c2)c2ncc(Cl)cc2Cl)cc1. The minimum atomic E-state index is -5.01. The van der Waals surface area contributed by atoms with Gasteiger partial charge in [0, 0.05) is 6.20 Å². The lowest BCUT2D eigenvalue weighted by Crippen LogP contribution is -2.32. The summed E-state index contributed by atoms with van der Waals surface area (Å²) in [6.45, 7) is -0.694. The van der Waals surface area contributed by atoms with E-state index in [-0.39, 0.29) is 31.9 Å². The number of alkyl halides is 3. The number of benzene rings is 2. The van der Waals surface area contributed by atoms with Crippen molar-refractivity contribution >= 4 is 45.0 Å². The third-order valence-corrected chi connectivity index (χ3v) is 6.61. The Morgan fingerprint density at radius 1 is 1.06 bits per heavy atom. The summed E-state index contributed by atoms with van der Waals surface area (Å²) in [5.74, 6) is -3.15. The molecule has 3 rings (SSSR count). The molecule has 0 aliphatic heterocycles. The fourth-order valence-corrected chi connectivity index (χ4v) is 4.77. The van der Waals surface area contributed by atoms with Crippen molar-refractivity contribution in [3.8, 4) is 0 Å². The van der Waals surface area contributed by atoms with Crippen LogP contribution in [0.4, 0.5) is 23.4 Å². The Morgan fingerprint density at radius 3 is 2.24 bits per heavy atom. The van der Waals surface area contributed by atoms with E-state index in [1.54, 1.807) is 0 Å². The molecule has 0 aliphatic rings. The van der Waals surface area contributed by atoms with Crippen LogP contribution in [0, 0.1) is 5.82 Å². The van der Waals surface area contributed by atoms with Crippen molar-refractivity contribution in [3.05, 3.63) is 87.3 Å². The highest BCUT2D eigenvalue weighted by atomic mass is 35.5. The summed E-state index contributed by atoms with van der Waals surface area (Å²) in [7, 11) is -4.51. The topological polar surface area (TPSA) is 87.6 Å². The third kappa shape index (κ3) is 5.37. The molecule has 0 bridgehead atoms. The first-order valence-electron chi connectivity index (χ1n) is 8.83. The van der Waals surface area contributed by atoms with Crippen LogP contribution in [0.25, 0.3) is 0 Å². The first-order chi connectivity index (χ1) is 15.3. The Kier molecular flexibility index (Phi) is 6.87. The first kappa shape index (κ1) is 24.7. The number of carbonyl (C=O) groups is 1. The number of hydrogen-bond donors (Lipinski definition) is 1. The van der Waals surface area contributed by atoms with Gasteiger partial charge in [-0.05, 0) is 48.0 Å². The Hall–Kier alpha value is -2.89. The predicted octanol–water partition coefficient (Wildman–Crippen LogP) is 5.64. The van der Waals surface area contributed by atoms with Gasteiger partial charge < -0.3 is 5.11 Å². The minimum Gasteiger partial charge on any atom is -0.478 e. The molecule has 2 aromatic carbocycles. The average molecular weight is 523 g/mol. The van der Waals surface area contributed by atoms with E-state index in [0.717, 1.165) is 36.5 Å². The number of carboxylic acid groups (broad SMARTS) is 1. The van der Waals surface area contributed by atoms with Gasteiger partial charge in [0.2, 0.25) is 0 Å². The highest BCUT2D eigenvalue weighted by Gasteiger charge is 2.35. The fraction of sp³-hybridized carbons (Fsp3) is 0.100. The third-order valence-electron chi connectivity index (χ3n) is 4.38. The van der Waals surface area contributed by atoms with Gasteiger partial charge >= 0.3 is 12.1 Å². The van der Waals surface area contributed by atoms with Crippen molar-refractivity contribution in [2.45, 2.75) is 17.6 Å². The van der Waals surface area contributed by atoms with Gasteiger partial charge in [0.15, 0.2) is 5.82 Å². The second kappa shape index (κ2) is 9.16. The van der Waals surface area contributed by atoms with Gasteiger partial charge in [-0.3, -0.25) is 0 Å². The normalized spacial score (nSPS) is 11.9. The summed E-state index contributed by atoms with van der Waals surface area (Å²) in [5.41, 5.74) is -1.96. The molecule has 0 fully saturated rings. The van der Waals surface area contributed by atoms with Gasteiger partial charge in [0.1, 0.15) is 5.82 Å². The summed E-state index contributed by atoms with van der Waals surface area (Å²) in [6, 6.07) is 7.35. The number of aromatic nitrogens is 1. The lowest BCUT2D eigenvalue weighted by molar-refractivity contribution is -0.140. The van der Waals surface area contributed by atoms with E-state index >= 15 is 0 Å². The number of hydrogen-bond acceptors (Lipinski definition) is 4. The largest absolute Gasteiger partial charge is 0.478 e. The van der Waals surface area contributed by atoms with E-state index < -0.39 is 40.1 Å². The van der Waals surface area contributed by atoms with Gasteiger partial charge in [-0.2, -0.15) is 13.2 Å². The molecule has 0 spiro atoms. The molecule has 1 N–H and O–H groups in total. The van der Waals surface area contributed by atoms with Gasteiger partial charge in [0.25, 0.3) is 10.0 Å². The maximum atomic E-state index is 13.7. The molecule has 0 amide bonds. The zero-order chi connectivity index (χ0) is 24.6. The van der Waals surface area contributed by atoms with Crippen LogP contribution < -0.4 is 4.31 Å². The molecule has 0 saturated heterocycles. The Balaban J connectivity index is 2.14. The van der Waals surface area contributed by atoms with Crippen LogP contribution in [-0.4, -0.2) is 24.5 Å². The molecule has 0 aliphatic carbocycles. The Labute approximate surface area is 195 Å². The van der Waals surface area contributed by atoms with E-state index in [4.69, 9.17) is 28.3 Å². The van der Waals surface area contributed by atoms with Crippen molar-refractivity contribution in [1.29, 1.82) is 0 Å². The van der Waals surface area contributed by atoms with E-state index in [2.05, 4.69) is 4.98 Å². The van der Waals surface area contributed by atoms with Crippen molar-refractivity contribution < 1.29 is 35.9 Å².